The second-order valence-corrected chi connectivity index (χ2v) is 6.18. The summed E-state index contributed by atoms with van der Waals surface area (Å²) in [6.07, 6.45) is 0. The largest absolute Gasteiger partial charge is 0.323 e. The molecule has 0 saturated carbocycles. The normalized spacial score (nSPS) is 10.3. The Morgan fingerprint density at radius 3 is 2.59 bits per heavy atom. The van der Waals surface area contributed by atoms with Gasteiger partial charge in [-0.05, 0) is 30.3 Å². The zero-order valence-corrected chi connectivity index (χ0v) is 13.5. The van der Waals surface area contributed by atoms with Crippen LogP contribution in [0.15, 0.2) is 51.8 Å². The number of thioether (sulfide) groups is 1. The average Bonchev–Trinajstić information content (AvgIpc) is 2.48. The van der Waals surface area contributed by atoms with Crippen LogP contribution in [-0.2, 0) is 4.79 Å². The van der Waals surface area contributed by atoms with Crippen LogP contribution in [-0.4, -0.2) is 16.6 Å². The molecule has 114 valence electrons. The van der Waals surface area contributed by atoms with E-state index in [0.29, 0.717) is 0 Å². The fraction of sp³-hybridized carbons (Fsp3) is 0.0714. The van der Waals surface area contributed by atoms with Crippen LogP contribution in [0.3, 0.4) is 0 Å². The zero-order valence-electron chi connectivity index (χ0n) is 11.1. The van der Waals surface area contributed by atoms with Crippen molar-refractivity contribution < 1.29 is 14.1 Å². The van der Waals surface area contributed by atoms with Crippen molar-refractivity contribution >= 4 is 45.0 Å². The number of hydrogen-bond acceptors (Lipinski definition) is 4. The summed E-state index contributed by atoms with van der Waals surface area (Å²) < 4.78 is 14.5. The highest BCUT2D eigenvalue weighted by Gasteiger charge is 2.13. The predicted octanol–water partition coefficient (Wildman–Crippen LogP) is 4.23. The molecular weight excluding hydrogens is 375 g/mol. The molecule has 2 aromatic carbocycles. The molecule has 0 saturated heterocycles. The van der Waals surface area contributed by atoms with Crippen LogP contribution < -0.4 is 5.32 Å². The molecule has 5 nitrogen and oxygen atoms in total. The van der Waals surface area contributed by atoms with Crippen LogP contribution in [0, 0.1) is 15.9 Å². The number of halogens is 2. The molecule has 0 radical (unpaired) electrons. The van der Waals surface area contributed by atoms with Crippen molar-refractivity contribution in [1.82, 2.24) is 0 Å². The second kappa shape index (κ2) is 7.37. The fourth-order valence-electron chi connectivity index (χ4n) is 1.59. The standard InChI is InChI=1S/C14H10BrFN2O3S/c15-9-1-4-11(5-2-9)22-8-14(19)17-13-7-10(18(20)21)3-6-12(13)16/h1-7H,8H2,(H,17,19). The quantitative estimate of drug-likeness (QED) is 0.475. The van der Waals surface area contributed by atoms with Gasteiger partial charge in [-0.3, -0.25) is 14.9 Å². The first-order valence-corrected chi connectivity index (χ1v) is 7.86. The number of carbonyl (C=O) groups excluding carboxylic acids is 1. The van der Waals surface area contributed by atoms with Crippen molar-refractivity contribution in [2.75, 3.05) is 11.1 Å². The van der Waals surface area contributed by atoms with Gasteiger partial charge in [0.25, 0.3) is 5.69 Å². The Bertz CT molecular complexity index is 710. The Morgan fingerprint density at radius 2 is 1.95 bits per heavy atom. The Morgan fingerprint density at radius 1 is 1.27 bits per heavy atom. The summed E-state index contributed by atoms with van der Waals surface area (Å²) in [7, 11) is 0. The van der Waals surface area contributed by atoms with Gasteiger partial charge >= 0.3 is 0 Å². The van der Waals surface area contributed by atoms with E-state index in [2.05, 4.69) is 21.2 Å². The summed E-state index contributed by atoms with van der Waals surface area (Å²) in [5.41, 5.74) is -0.479. The minimum Gasteiger partial charge on any atom is -0.323 e. The number of anilines is 1. The van der Waals surface area contributed by atoms with Crippen LogP contribution in [0.25, 0.3) is 0 Å². The minimum absolute atomic E-state index is 0.0732. The van der Waals surface area contributed by atoms with E-state index in [1.807, 2.05) is 24.3 Å². The highest BCUT2D eigenvalue weighted by molar-refractivity contribution is 9.10. The van der Waals surface area contributed by atoms with E-state index in [-0.39, 0.29) is 17.1 Å². The molecule has 0 atom stereocenters. The van der Waals surface area contributed by atoms with Gasteiger partial charge in [0.2, 0.25) is 5.91 Å². The van der Waals surface area contributed by atoms with Gasteiger partial charge in [0, 0.05) is 21.5 Å². The minimum atomic E-state index is -0.715. The van der Waals surface area contributed by atoms with E-state index in [1.165, 1.54) is 11.8 Å². The molecule has 8 heteroatoms. The van der Waals surface area contributed by atoms with Crippen LogP contribution >= 0.6 is 27.7 Å². The lowest BCUT2D eigenvalue weighted by Crippen LogP contribution is -2.15. The molecule has 0 aromatic heterocycles. The molecule has 2 aromatic rings. The maximum atomic E-state index is 13.6. The third kappa shape index (κ3) is 4.54. The monoisotopic (exact) mass is 384 g/mol. The Hall–Kier alpha value is -1.93. The van der Waals surface area contributed by atoms with Gasteiger partial charge in [-0.15, -0.1) is 11.8 Å². The highest BCUT2D eigenvalue weighted by Crippen LogP contribution is 2.23. The molecule has 0 aliphatic heterocycles. The average molecular weight is 385 g/mol. The number of hydrogen-bond donors (Lipinski definition) is 1. The lowest BCUT2D eigenvalue weighted by molar-refractivity contribution is -0.384. The molecule has 1 N–H and O–H groups in total. The van der Waals surface area contributed by atoms with Gasteiger partial charge in [0.05, 0.1) is 16.4 Å². The first-order valence-electron chi connectivity index (χ1n) is 6.08. The van der Waals surface area contributed by atoms with Crippen LogP contribution in [0.2, 0.25) is 0 Å². The van der Waals surface area contributed by atoms with Gasteiger partial charge in [-0.1, -0.05) is 15.9 Å². The maximum Gasteiger partial charge on any atom is 0.271 e. The van der Waals surface area contributed by atoms with Crippen molar-refractivity contribution in [2.24, 2.45) is 0 Å². The number of amides is 1. The maximum absolute atomic E-state index is 13.6. The van der Waals surface area contributed by atoms with E-state index in [4.69, 9.17) is 0 Å². The second-order valence-electron chi connectivity index (χ2n) is 4.21. The molecule has 0 aliphatic rings. The SMILES string of the molecule is O=C(CSc1ccc(Br)cc1)Nc1cc([N+](=O)[O-])ccc1F. The summed E-state index contributed by atoms with van der Waals surface area (Å²) in [4.78, 5) is 22.7. The third-order valence-electron chi connectivity index (χ3n) is 2.62. The predicted molar refractivity (Wildman–Crippen MR) is 86.6 cm³/mol. The van der Waals surface area contributed by atoms with Crippen molar-refractivity contribution in [1.29, 1.82) is 0 Å². The molecule has 0 fully saturated rings. The molecule has 0 unspecified atom stereocenters. The number of non-ortho nitro benzene ring substituents is 1. The summed E-state index contributed by atoms with van der Waals surface area (Å²) >= 11 is 4.59. The summed E-state index contributed by atoms with van der Waals surface area (Å²) in [6.45, 7) is 0. The van der Waals surface area contributed by atoms with E-state index in [0.717, 1.165) is 27.6 Å². The Balaban J connectivity index is 1.98. The molecule has 0 heterocycles. The van der Waals surface area contributed by atoms with Gasteiger partial charge in [0.15, 0.2) is 0 Å². The highest BCUT2D eigenvalue weighted by atomic mass is 79.9. The van der Waals surface area contributed by atoms with E-state index < -0.39 is 16.6 Å². The first kappa shape index (κ1) is 16.4. The van der Waals surface area contributed by atoms with Crippen LogP contribution in [0.1, 0.15) is 0 Å². The number of nitro groups is 1. The smallest absolute Gasteiger partial charge is 0.271 e. The van der Waals surface area contributed by atoms with Gasteiger partial charge in [-0.2, -0.15) is 0 Å². The topological polar surface area (TPSA) is 72.2 Å². The number of benzene rings is 2. The first-order chi connectivity index (χ1) is 10.5. The number of nitrogens with zero attached hydrogens (tertiary/aromatic N) is 1. The van der Waals surface area contributed by atoms with Crippen molar-refractivity contribution in [3.63, 3.8) is 0 Å². The van der Waals surface area contributed by atoms with Crippen molar-refractivity contribution in [2.45, 2.75) is 4.90 Å². The number of rotatable bonds is 5. The van der Waals surface area contributed by atoms with E-state index in [9.17, 15) is 19.3 Å². The number of nitro benzene ring substituents is 1. The lowest BCUT2D eigenvalue weighted by Gasteiger charge is -2.06. The molecule has 0 bridgehead atoms. The summed E-state index contributed by atoms with van der Waals surface area (Å²) in [5.74, 6) is -1.08. The van der Waals surface area contributed by atoms with Gasteiger partial charge < -0.3 is 5.32 Å². The molecule has 2 rings (SSSR count). The number of carbonyl (C=O) groups is 1. The molecule has 0 spiro atoms. The zero-order chi connectivity index (χ0) is 16.1. The third-order valence-corrected chi connectivity index (χ3v) is 4.16. The summed E-state index contributed by atoms with van der Waals surface area (Å²) in [5, 5.41) is 13.0. The molecule has 22 heavy (non-hydrogen) atoms. The van der Waals surface area contributed by atoms with E-state index >= 15 is 0 Å². The van der Waals surface area contributed by atoms with Crippen LogP contribution in [0.5, 0.6) is 0 Å². The van der Waals surface area contributed by atoms with Gasteiger partial charge in [0.1, 0.15) is 5.82 Å². The Kier molecular flexibility index (Phi) is 5.51. The Labute approximate surface area is 138 Å². The molecular formula is C14H10BrFN2O3S. The van der Waals surface area contributed by atoms with Crippen molar-refractivity contribution in [3.8, 4) is 0 Å². The van der Waals surface area contributed by atoms with Crippen molar-refractivity contribution in [3.05, 3.63) is 62.9 Å². The molecule has 1 amide bonds. The van der Waals surface area contributed by atoms with Crippen LogP contribution in [0.4, 0.5) is 15.8 Å². The van der Waals surface area contributed by atoms with Gasteiger partial charge in [-0.25, -0.2) is 4.39 Å². The lowest BCUT2D eigenvalue weighted by atomic mass is 10.2. The van der Waals surface area contributed by atoms with E-state index in [1.54, 1.807) is 0 Å². The summed E-state index contributed by atoms with van der Waals surface area (Å²) in [6, 6.07) is 10.4. The number of nitrogens with one attached hydrogen (secondary N) is 1. The fourth-order valence-corrected chi connectivity index (χ4v) is 2.55. The molecule has 0 aliphatic carbocycles.